The maximum Gasteiger partial charge on any atom is 0.149 e. The molecule has 0 fully saturated rings. The van der Waals surface area contributed by atoms with Gasteiger partial charge in [-0.2, -0.15) is 0 Å². The Hall–Kier alpha value is -1.94. The van der Waals surface area contributed by atoms with Crippen LogP contribution < -0.4 is 15.8 Å². The number of hydrogen-bond acceptors (Lipinski definition) is 4. The van der Waals surface area contributed by atoms with E-state index < -0.39 is 0 Å². The zero-order chi connectivity index (χ0) is 13.5. The van der Waals surface area contributed by atoms with Gasteiger partial charge >= 0.3 is 0 Å². The van der Waals surface area contributed by atoms with Crippen LogP contribution in [0, 0.1) is 0 Å². The monoisotopic (exact) mass is 277 g/mol. The van der Waals surface area contributed by atoms with E-state index in [2.05, 4.69) is 10.3 Å². The topological polar surface area (TPSA) is 60.2 Å². The Bertz CT molecular complexity index is 519. The first kappa shape index (κ1) is 13.5. The summed E-state index contributed by atoms with van der Waals surface area (Å²) in [4.78, 5) is 4.12. The van der Waals surface area contributed by atoms with Crippen molar-refractivity contribution in [2.45, 2.75) is 6.42 Å². The summed E-state index contributed by atoms with van der Waals surface area (Å²) in [5.41, 5.74) is 6.34. The van der Waals surface area contributed by atoms with Crippen LogP contribution in [-0.4, -0.2) is 18.1 Å². The first-order valence-corrected chi connectivity index (χ1v) is 6.46. The second-order valence-corrected chi connectivity index (χ2v) is 4.47. The fourth-order valence-corrected chi connectivity index (χ4v) is 1.75. The summed E-state index contributed by atoms with van der Waals surface area (Å²) in [5.74, 6) is 1.54. The molecule has 1 heterocycles. The van der Waals surface area contributed by atoms with E-state index in [0.29, 0.717) is 23.1 Å². The lowest BCUT2D eigenvalue weighted by Gasteiger charge is -2.09. The van der Waals surface area contributed by atoms with Crippen molar-refractivity contribution in [2.24, 2.45) is 0 Å². The van der Waals surface area contributed by atoms with Crippen molar-refractivity contribution >= 4 is 23.1 Å². The van der Waals surface area contributed by atoms with Crippen molar-refractivity contribution in [3.05, 3.63) is 47.6 Å². The lowest BCUT2D eigenvalue weighted by atomic mass is 10.3. The molecule has 0 saturated carbocycles. The van der Waals surface area contributed by atoms with E-state index in [4.69, 9.17) is 22.1 Å². The molecule has 5 heteroatoms. The van der Waals surface area contributed by atoms with E-state index in [9.17, 15) is 0 Å². The SMILES string of the molecule is Nc1cc(Cl)cnc1NCCCOc1ccccc1. The quantitative estimate of drug-likeness (QED) is 0.796. The van der Waals surface area contributed by atoms with Gasteiger partial charge in [-0.25, -0.2) is 4.98 Å². The van der Waals surface area contributed by atoms with Crippen LogP contribution in [0.2, 0.25) is 5.02 Å². The van der Waals surface area contributed by atoms with Crippen LogP contribution in [0.1, 0.15) is 6.42 Å². The highest BCUT2D eigenvalue weighted by Gasteiger charge is 2.00. The molecule has 19 heavy (non-hydrogen) atoms. The van der Waals surface area contributed by atoms with Gasteiger partial charge in [-0.3, -0.25) is 0 Å². The summed E-state index contributed by atoms with van der Waals surface area (Å²) in [6.07, 6.45) is 2.43. The molecule has 3 N–H and O–H groups in total. The molecule has 0 aliphatic rings. The lowest BCUT2D eigenvalue weighted by Crippen LogP contribution is -2.09. The number of anilines is 2. The number of para-hydroxylation sites is 1. The van der Waals surface area contributed by atoms with Crippen molar-refractivity contribution in [1.29, 1.82) is 0 Å². The smallest absolute Gasteiger partial charge is 0.149 e. The molecule has 2 rings (SSSR count). The molecule has 0 aliphatic carbocycles. The Morgan fingerprint density at radius 2 is 2.05 bits per heavy atom. The number of pyridine rings is 1. The number of nitrogen functional groups attached to an aromatic ring is 1. The molecule has 0 bridgehead atoms. The third-order valence-electron chi connectivity index (χ3n) is 2.51. The summed E-state index contributed by atoms with van der Waals surface area (Å²) >= 11 is 5.78. The number of nitrogens with two attached hydrogens (primary N) is 1. The third kappa shape index (κ3) is 4.34. The average molecular weight is 278 g/mol. The zero-order valence-corrected chi connectivity index (χ0v) is 11.2. The standard InChI is InChI=1S/C14H16ClN3O/c15-11-9-13(16)14(18-10-11)17-7-4-8-19-12-5-2-1-3-6-12/h1-3,5-6,9-10H,4,7-8,16H2,(H,17,18). The molecular formula is C14H16ClN3O. The fourth-order valence-electron chi connectivity index (χ4n) is 1.59. The fraction of sp³-hybridized carbons (Fsp3) is 0.214. The summed E-state index contributed by atoms with van der Waals surface area (Å²) in [7, 11) is 0. The summed E-state index contributed by atoms with van der Waals surface area (Å²) < 4.78 is 5.58. The van der Waals surface area contributed by atoms with E-state index in [1.807, 2.05) is 30.3 Å². The molecule has 100 valence electrons. The highest BCUT2D eigenvalue weighted by molar-refractivity contribution is 6.30. The molecule has 0 atom stereocenters. The summed E-state index contributed by atoms with van der Waals surface area (Å²) in [6, 6.07) is 11.4. The van der Waals surface area contributed by atoms with Crippen molar-refractivity contribution in [2.75, 3.05) is 24.2 Å². The molecule has 0 radical (unpaired) electrons. The maximum absolute atomic E-state index is 5.79. The van der Waals surface area contributed by atoms with Crippen LogP contribution in [-0.2, 0) is 0 Å². The molecule has 0 aliphatic heterocycles. The molecule has 1 aromatic heterocycles. The molecule has 0 saturated heterocycles. The van der Waals surface area contributed by atoms with Gasteiger partial charge in [-0.05, 0) is 24.6 Å². The summed E-state index contributed by atoms with van der Waals surface area (Å²) in [5, 5.41) is 3.69. The minimum absolute atomic E-state index is 0.537. The Kier molecular flexibility index (Phi) is 4.86. The van der Waals surface area contributed by atoms with Gasteiger partial charge < -0.3 is 15.8 Å². The zero-order valence-electron chi connectivity index (χ0n) is 10.5. The van der Waals surface area contributed by atoms with E-state index >= 15 is 0 Å². The summed E-state index contributed by atoms with van der Waals surface area (Å²) in [6.45, 7) is 1.39. The van der Waals surface area contributed by atoms with Crippen LogP contribution >= 0.6 is 11.6 Å². The first-order valence-electron chi connectivity index (χ1n) is 6.08. The molecule has 2 aromatic rings. The second-order valence-electron chi connectivity index (χ2n) is 4.03. The number of hydrogen-bond donors (Lipinski definition) is 2. The van der Waals surface area contributed by atoms with E-state index in [1.54, 1.807) is 12.3 Å². The van der Waals surface area contributed by atoms with Gasteiger partial charge in [0.05, 0.1) is 17.3 Å². The molecular weight excluding hydrogens is 262 g/mol. The van der Waals surface area contributed by atoms with Crippen molar-refractivity contribution in [3.63, 3.8) is 0 Å². The largest absolute Gasteiger partial charge is 0.494 e. The van der Waals surface area contributed by atoms with Crippen molar-refractivity contribution in [1.82, 2.24) is 4.98 Å². The van der Waals surface area contributed by atoms with Gasteiger partial charge in [0, 0.05) is 12.7 Å². The highest BCUT2D eigenvalue weighted by Crippen LogP contribution is 2.19. The first-order chi connectivity index (χ1) is 9.25. The van der Waals surface area contributed by atoms with E-state index in [-0.39, 0.29) is 0 Å². The highest BCUT2D eigenvalue weighted by atomic mass is 35.5. The number of benzene rings is 1. The number of ether oxygens (including phenoxy) is 1. The maximum atomic E-state index is 5.79. The Morgan fingerprint density at radius 1 is 1.26 bits per heavy atom. The molecule has 1 aromatic carbocycles. The van der Waals surface area contributed by atoms with Gasteiger partial charge in [-0.15, -0.1) is 0 Å². The minimum Gasteiger partial charge on any atom is -0.494 e. The third-order valence-corrected chi connectivity index (χ3v) is 2.72. The van der Waals surface area contributed by atoms with Crippen LogP contribution in [0.3, 0.4) is 0 Å². The number of rotatable bonds is 6. The predicted molar refractivity (Wildman–Crippen MR) is 78.7 cm³/mol. The average Bonchev–Trinajstić information content (AvgIpc) is 2.42. The predicted octanol–water partition coefficient (Wildman–Crippen LogP) is 3.20. The van der Waals surface area contributed by atoms with Crippen LogP contribution in [0.5, 0.6) is 5.75 Å². The number of aromatic nitrogens is 1. The molecule has 0 unspecified atom stereocenters. The van der Waals surface area contributed by atoms with E-state index in [1.165, 1.54) is 0 Å². The normalized spacial score (nSPS) is 10.2. The van der Waals surface area contributed by atoms with Gasteiger partial charge in [0.25, 0.3) is 0 Å². The van der Waals surface area contributed by atoms with Crippen LogP contribution in [0.15, 0.2) is 42.6 Å². The minimum atomic E-state index is 0.537. The molecule has 0 amide bonds. The van der Waals surface area contributed by atoms with E-state index in [0.717, 1.165) is 18.7 Å². The van der Waals surface area contributed by atoms with Crippen molar-refractivity contribution < 1.29 is 4.74 Å². The van der Waals surface area contributed by atoms with Gasteiger partial charge in [0.1, 0.15) is 11.6 Å². The van der Waals surface area contributed by atoms with Gasteiger partial charge in [0.15, 0.2) is 0 Å². The van der Waals surface area contributed by atoms with Crippen molar-refractivity contribution in [3.8, 4) is 5.75 Å². The lowest BCUT2D eigenvalue weighted by molar-refractivity contribution is 0.315. The van der Waals surface area contributed by atoms with Gasteiger partial charge in [-0.1, -0.05) is 29.8 Å². The second kappa shape index (κ2) is 6.85. The molecule has 0 spiro atoms. The Morgan fingerprint density at radius 3 is 2.79 bits per heavy atom. The van der Waals surface area contributed by atoms with Gasteiger partial charge in [0.2, 0.25) is 0 Å². The van der Waals surface area contributed by atoms with Crippen LogP contribution in [0.25, 0.3) is 0 Å². The Labute approximate surface area is 117 Å². The Balaban J connectivity index is 1.69. The number of nitrogens with one attached hydrogen (secondary N) is 1. The molecule has 4 nitrogen and oxygen atoms in total. The van der Waals surface area contributed by atoms with Crippen LogP contribution in [0.4, 0.5) is 11.5 Å². The number of nitrogens with zero attached hydrogens (tertiary/aromatic N) is 1. The number of halogens is 1.